The van der Waals surface area contributed by atoms with Gasteiger partial charge in [0.25, 0.3) is 0 Å². The van der Waals surface area contributed by atoms with E-state index in [-0.39, 0.29) is 5.17 Å². The van der Waals surface area contributed by atoms with Gasteiger partial charge in [0.05, 0.1) is 0 Å². The van der Waals surface area contributed by atoms with Gasteiger partial charge in [-0.3, -0.25) is 0 Å². The van der Waals surface area contributed by atoms with E-state index in [0.717, 1.165) is 11.8 Å². The number of rotatable bonds is 1. The molecule has 0 saturated carbocycles. The van der Waals surface area contributed by atoms with E-state index in [1.807, 2.05) is 0 Å². The average molecular weight is 238 g/mol. The maximum absolute atomic E-state index is 13.0. The summed E-state index contributed by atoms with van der Waals surface area (Å²) in [5, 5.41) is -0.0840. The van der Waals surface area contributed by atoms with Crippen LogP contribution in [0.5, 0.6) is 0 Å². The third kappa shape index (κ3) is 2.41. The summed E-state index contributed by atoms with van der Waals surface area (Å²) in [7, 11) is 0. The van der Waals surface area contributed by atoms with Crippen LogP contribution >= 0.6 is 11.8 Å². The molecule has 15 heavy (non-hydrogen) atoms. The fraction of sp³-hybridized carbons (Fsp3) is 0.125. The highest BCUT2D eigenvalue weighted by atomic mass is 32.2. The van der Waals surface area contributed by atoms with Crippen molar-refractivity contribution in [1.82, 2.24) is 0 Å². The summed E-state index contributed by atoms with van der Waals surface area (Å²) in [5.74, 6) is -6.84. The lowest BCUT2D eigenvalue weighted by Gasteiger charge is -2.01. The first-order chi connectivity index (χ1) is 6.97. The topological polar surface area (TPSA) is 38.4 Å². The molecule has 0 aliphatic carbocycles. The normalized spacial score (nSPS) is 11.9. The van der Waals surface area contributed by atoms with Crippen LogP contribution in [0.2, 0.25) is 0 Å². The lowest BCUT2D eigenvalue weighted by atomic mass is 10.3. The molecule has 0 atom stereocenters. The molecule has 0 aliphatic heterocycles. The minimum absolute atomic E-state index is 0.0840. The molecule has 2 nitrogen and oxygen atoms in total. The second-order valence-corrected chi connectivity index (χ2v) is 3.30. The number of amidine groups is 1. The minimum atomic E-state index is -1.90. The van der Waals surface area contributed by atoms with Crippen molar-refractivity contribution in [2.45, 2.75) is 0 Å². The van der Waals surface area contributed by atoms with E-state index >= 15 is 0 Å². The summed E-state index contributed by atoms with van der Waals surface area (Å²) >= 11 is 0.967. The highest BCUT2D eigenvalue weighted by Gasteiger charge is 2.18. The molecule has 0 saturated heterocycles. The molecule has 0 spiro atoms. The van der Waals surface area contributed by atoms with Gasteiger partial charge in [0.1, 0.15) is 5.69 Å². The van der Waals surface area contributed by atoms with Gasteiger partial charge in [-0.1, -0.05) is 11.8 Å². The molecule has 0 aromatic heterocycles. The van der Waals surface area contributed by atoms with Crippen LogP contribution in [0.15, 0.2) is 11.1 Å². The van der Waals surface area contributed by atoms with Gasteiger partial charge in [-0.25, -0.2) is 22.6 Å². The van der Waals surface area contributed by atoms with Crippen molar-refractivity contribution >= 4 is 22.6 Å². The molecule has 0 fully saturated rings. The molecule has 1 aromatic carbocycles. The molecule has 0 aliphatic rings. The molecule has 0 bridgehead atoms. The van der Waals surface area contributed by atoms with Gasteiger partial charge >= 0.3 is 0 Å². The zero-order valence-corrected chi connectivity index (χ0v) is 8.34. The van der Waals surface area contributed by atoms with E-state index in [9.17, 15) is 17.6 Å². The Balaban J connectivity index is 3.33. The summed E-state index contributed by atoms with van der Waals surface area (Å²) in [6.45, 7) is 0. The number of halogens is 4. The van der Waals surface area contributed by atoms with Crippen molar-refractivity contribution in [3.05, 3.63) is 29.3 Å². The van der Waals surface area contributed by atoms with Crippen molar-refractivity contribution in [2.24, 2.45) is 10.7 Å². The monoisotopic (exact) mass is 238 g/mol. The second kappa shape index (κ2) is 4.52. The quantitative estimate of drug-likeness (QED) is 0.268. The third-order valence-electron chi connectivity index (χ3n) is 1.52. The standard InChI is InChI=1S/C8H6F4N2S/c1-15-8(13)14-4-2-3(9)5(10)7(12)6(4)11/h2H,1H3,(H2,13,14). The van der Waals surface area contributed by atoms with Gasteiger partial charge in [0.15, 0.2) is 28.4 Å². The summed E-state index contributed by atoms with van der Waals surface area (Å²) in [6.07, 6.45) is 1.55. The van der Waals surface area contributed by atoms with E-state index in [1.165, 1.54) is 0 Å². The average Bonchev–Trinajstić information content (AvgIpc) is 2.22. The lowest BCUT2D eigenvalue weighted by Crippen LogP contribution is -2.05. The predicted molar refractivity (Wildman–Crippen MR) is 51.1 cm³/mol. The Morgan fingerprint density at radius 1 is 1.20 bits per heavy atom. The van der Waals surface area contributed by atoms with E-state index in [4.69, 9.17) is 5.73 Å². The van der Waals surface area contributed by atoms with Crippen LogP contribution in [0, 0.1) is 23.3 Å². The molecule has 2 N–H and O–H groups in total. The van der Waals surface area contributed by atoms with Crippen molar-refractivity contribution in [3.63, 3.8) is 0 Å². The number of nitrogens with two attached hydrogens (primary N) is 1. The summed E-state index contributed by atoms with van der Waals surface area (Å²) in [4.78, 5) is 3.38. The van der Waals surface area contributed by atoms with Crippen molar-refractivity contribution < 1.29 is 17.6 Å². The maximum atomic E-state index is 13.0. The molecule has 1 aromatic rings. The van der Waals surface area contributed by atoms with E-state index < -0.39 is 29.0 Å². The van der Waals surface area contributed by atoms with Gasteiger partial charge in [-0.2, -0.15) is 0 Å². The van der Waals surface area contributed by atoms with Crippen LogP contribution in [0.4, 0.5) is 23.2 Å². The highest BCUT2D eigenvalue weighted by molar-refractivity contribution is 8.13. The summed E-state index contributed by atoms with van der Waals surface area (Å²) in [5.41, 5.74) is 4.55. The van der Waals surface area contributed by atoms with E-state index in [1.54, 1.807) is 6.26 Å². The number of benzene rings is 1. The number of nitrogens with zero attached hydrogens (tertiary/aromatic N) is 1. The van der Waals surface area contributed by atoms with E-state index in [0.29, 0.717) is 6.07 Å². The van der Waals surface area contributed by atoms with Crippen LogP contribution < -0.4 is 5.73 Å². The maximum Gasteiger partial charge on any atom is 0.199 e. The first-order valence-corrected chi connectivity index (χ1v) is 4.91. The second-order valence-electron chi connectivity index (χ2n) is 2.47. The Morgan fingerprint density at radius 2 is 1.80 bits per heavy atom. The number of thioether (sulfide) groups is 1. The Kier molecular flexibility index (Phi) is 3.57. The Bertz CT molecular complexity index is 420. The largest absolute Gasteiger partial charge is 0.378 e. The van der Waals surface area contributed by atoms with Crippen LogP contribution in [0.3, 0.4) is 0 Å². The van der Waals surface area contributed by atoms with Crippen LogP contribution in [-0.2, 0) is 0 Å². The third-order valence-corrected chi connectivity index (χ3v) is 2.03. The molecule has 0 heterocycles. The summed E-state index contributed by atoms with van der Waals surface area (Å²) in [6, 6.07) is 0.441. The van der Waals surface area contributed by atoms with Crippen LogP contribution in [-0.4, -0.2) is 11.4 Å². The smallest absolute Gasteiger partial charge is 0.199 e. The zero-order chi connectivity index (χ0) is 11.6. The number of aliphatic imine (C=N–C) groups is 1. The Hall–Kier alpha value is -1.24. The zero-order valence-electron chi connectivity index (χ0n) is 7.52. The highest BCUT2D eigenvalue weighted by Crippen LogP contribution is 2.25. The van der Waals surface area contributed by atoms with Gasteiger partial charge in [0.2, 0.25) is 0 Å². The molecule has 0 unspecified atom stereocenters. The first-order valence-electron chi connectivity index (χ1n) is 3.68. The van der Waals surface area contributed by atoms with Crippen LogP contribution in [0.1, 0.15) is 0 Å². The Labute approximate surface area is 87.2 Å². The molecule has 0 amide bonds. The molecule has 1 rings (SSSR count). The van der Waals surface area contributed by atoms with Gasteiger partial charge in [0, 0.05) is 6.07 Å². The predicted octanol–water partition coefficient (Wildman–Crippen LogP) is 2.55. The van der Waals surface area contributed by atoms with Gasteiger partial charge in [-0.15, -0.1) is 0 Å². The summed E-state index contributed by atoms with van der Waals surface area (Å²) < 4.78 is 50.9. The molecular formula is C8H6F4N2S. The molecule has 82 valence electrons. The Morgan fingerprint density at radius 3 is 2.33 bits per heavy atom. The van der Waals surface area contributed by atoms with Gasteiger partial charge < -0.3 is 5.73 Å². The van der Waals surface area contributed by atoms with Crippen LogP contribution in [0.25, 0.3) is 0 Å². The van der Waals surface area contributed by atoms with E-state index in [2.05, 4.69) is 4.99 Å². The number of hydrogen-bond donors (Lipinski definition) is 1. The number of hydrogen-bond acceptors (Lipinski definition) is 2. The molecule has 0 radical (unpaired) electrons. The van der Waals surface area contributed by atoms with Crippen molar-refractivity contribution in [3.8, 4) is 0 Å². The van der Waals surface area contributed by atoms with Crippen molar-refractivity contribution in [2.75, 3.05) is 6.26 Å². The lowest BCUT2D eigenvalue weighted by molar-refractivity contribution is 0.410. The minimum Gasteiger partial charge on any atom is -0.378 e. The molecular weight excluding hydrogens is 232 g/mol. The first kappa shape index (κ1) is 11.8. The van der Waals surface area contributed by atoms with Crippen molar-refractivity contribution in [1.29, 1.82) is 0 Å². The molecule has 7 heteroatoms. The SMILES string of the molecule is CSC(N)=Nc1cc(F)c(F)c(F)c1F. The fourth-order valence-corrected chi connectivity index (χ4v) is 0.996. The fourth-order valence-electron chi connectivity index (χ4n) is 0.806. The van der Waals surface area contributed by atoms with Gasteiger partial charge in [-0.05, 0) is 6.26 Å².